The van der Waals surface area contributed by atoms with Gasteiger partial charge in [0.25, 0.3) is 0 Å². The van der Waals surface area contributed by atoms with Gasteiger partial charge in [-0.05, 0) is 50.4 Å². The Bertz CT molecular complexity index is 402. The van der Waals surface area contributed by atoms with Gasteiger partial charge in [0.05, 0.1) is 12.2 Å². The van der Waals surface area contributed by atoms with E-state index in [0.29, 0.717) is 12.3 Å². The Hall–Kier alpha value is -1.13. The predicted octanol–water partition coefficient (Wildman–Crippen LogP) is 4.07. The zero-order valence-electron chi connectivity index (χ0n) is 14.9. The van der Waals surface area contributed by atoms with Gasteiger partial charge in [-0.15, -0.1) is 0 Å². The molecule has 4 nitrogen and oxygen atoms in total. The van der Waals surface area contributed by atoms with Crippen molar-refractivity contribution in [2.45, 2.75) is 83.3 Å². The highest BCUT2D eigenvalue weighted by Gasteiger charge is 2.32. The summed E-state index contributed by atoms with van der Waals surface area (Å²) in [6, 6.07) is 0. The van der Waals surface area contributed by atoms with E-state index in [2.05, 4.69) is 19.1 Å². The van der Waals surface area contributed by atoms with Gasteiger partial charge in [-0.25, -0.2) is 0 Å². The van der Waals surface area contributed by atoms with Gasteiger partial charge in [0.1, 0.15) is 0 Å². The summed E-state index contributed by atoms with van der Waals surface area (Å²) in [4.78, 5) is 10.5. The second-order valence-corrected chi connectivity index (χ2v) is 6.91. The lowest BCUT2D eigenvalue weighted by Gasteiger charge is -2.18. The Morgan fingerprint density at radius 2 is 2.00 bits per heavy atom. The molecule has 0 aromatic rings. The van der Waals surface area contributed by atoms with Crippen molar-refractivity contribution in [1.29, 1.82) is 0 Å². The van der Waals surface area contributed by atoms with Gasteiger partial charge in [-0.3, -0.25) is 4.79 Å². The Morgan fingerprint density at radius 1 is 1.21 bits per heavy atom. The molecule has 0 saturated heterocycles. The molecule has 1 fully saturated rings. The van der Waals surface area contributed by atoms with Crippen LogP contribution in [0.15, 0.2) is 24.3 Å². The molecule has 1 aliphatic rings. The number of aliphatic hydroxyl groups is 2. The first-order chi connectivity index (χ1) is 11.5. The Morgan fingerprint density at radius 3 is 2.71 bits per heavy atom. The van der Waals surface area contributed by atoms with Gasteiger partial charge in [-0.2, -0.15) is 0 Å². The lowest BCUT2D eigenvalue weighted by Crippen LogP contribution is -2.17. The molecule has 3 N–H and O–H groups in total. The summed E-state index contributed by atoms with van der Waals surface area (Å²) in [5.41, 5.74) is 0. The van der Waals surface area contributed by atoms with E-state index in [1.54, 1.807) is 0 Å². The second kappa shape index (κ2) is 12.3. The topological polar surface area (TPSA) is 77.8 Å². The Labute approximate surface area is 146 Å². The molecule has 0 aromatic heterocycles. The highest BCUT2D eigenvalue weighted by Crippen LogP contribution is 2.36. The van der Waals surface area contributed by atoms with Crippen LogP contribution in [0, 0.1) is 11.8 Å². The molecule has 24 heavy (non-hydrogen) atoms. The molecule has 138 valence electrons. The van der Waals surface area contributed by atoms with E-state index >= 15 is 0 Å². The zero-order chi connectivity index (χ0) is 17.8. The van der Waals surface area contributed by atoms with E-state index in [0.717, 1.165) is 51.4 Å². The smallest absolute Gasteiger partial charge is 0.303 e. The second-order valence-electron chi connectivity index (χ2n) is 6.91. The average molecular weight is 338 g/mol. The molecule has 1 saturated carbocycles. The fourth-order valence-electron chi connectivity index (χ4n) is 3.36. The summed E-state index contributed by atoms with van der Waals surface area (Å²) in [6.45, 7) is 2.15. The highest BCUT2D eigenvalue weighted by molar-refractivity contribution is 5.66. The van der Waals surface area contributed by atoms with Crippen LogP contribution >= 0.6 is 0 Å². The Kier molecular flexibility index (Phi) is 10.7. The molecule has 0 unspecified atom stereocenters. The molecule has 4 atom stereocenters. The maximum Gasteiger partial charge on any atom is 0.303 e. The lowest BCUT2D eigenvalue weighted by molar-refractivity contribution is -0.137. The predicted molar refractivity (Wildman–Crippen MR) is 96.8 cm³/mol. The number of aliphatic carboxylic acids is 1. The number of unbranched alkanes of at least 4 members (excludes halogenated alkanes) is 3. The summed E-state index contributed by atoms with van der Waals surface area (Å²) in [6.07, 6.45) is 15.9. The summed E-state index contributed by atoms with van der Waals surface area (Å²) in [5.74, 6) is -0.221. The van der Waals surface area contributed by atoms with E-state index in [-0.39, 0.29) is 24.5 Å². The van der Waals surface area contributed by atoms with Crippen molar-refractivity contribution in [3.63, 3.8) is 0 Å². The maximum absolute atomic E-state index is 10.5. The van der Waals surface area contributed by atoms with E-state index < -0.39 is 5.97 Å². The number of carboxylic acid groups (broad SMARTS) is 1. The molecule has 0 heterocycles. The number of hydrogen-bond acceptors (Lipinski definition) is 3. The molecular weight excluding hydrogens is 304 g/mol. The van der Waals surface area contributed by atoms with Crippen molar-refractivity contribution in [3.8, 4) is 0 Å². The van der Waals surface area contributed by atoms with Crippen LogP contribution in [0.25, 0.3) is 0 Å². The zero-order valence-corrected chi connectivity index (χ0v) is 14.9. The first-order valence-electron chi connectivity index (χ1n) is 9.45. The van der Waals surface area contributed by atoms with Crippen LogP contribution in [0.1, 0.15) is 71.1 Å². The van der Waals surface area contributed by atoms with Crippen LogP contribution in [-0.4, -0.2) is 33.5 Å². The lowest BCUT2D eigenvalue weighted by atomic mass is 9.90. The van der Waals surface area contributed by atoms with Gasteiger partial charge in [0, 0.05) is 6.42 Å². The molecule has 4 heteroatoms. The minimum absolute atomic E-state index is 0.206. The van der Waals surface area contributed by atoms with Gasteiger partial charge in [0.15, 0.2) is 0 Å². The number of allylic oxidation sites excluding steroid dienone is 3. The molecule has 1 aliphatic carbocycles. The molecule has 0 amide bonds. The minimum atomic E-state index is -0.752. The first kappa shape index (κ1) is 20.9. The van der Waals surface area contributed by atoms with Crippen LogP contribution in [0.4, 0.5) is 0 Å². The summed E-state index contributed by atoms with van der Waals surface area (Å²) in [5, 5.41) is 28.8. The number of aliphatic hydroxyl groups excluding tert-OH is 2. The summed E-state index contributed by atoms with van der Waals surface area (Å²) >= 11 is 0. The van der Waals surface area contributed by atoms with Crippen LogP contribution in [-0.2, 0) is 4.79 Å². The fraction of sp³-hybridized carbons (Fsp3) is 0.750. The fourth-order valence-corrected chi connectivity index (χ4v) is 3.36. The first-order valence-corrected chi connectivity index (χ1v) is 9.45. The number of rotatable bonds is 12. The number of carboxylic acids is 1. The van der Waals surface area contributed by atoms with Gasteiger partial charge < -0.3 is 15.3 Å². The van der Waals surface area contributed by atoms with Gasteiger partial charge in [0.2, 0.25) is 0 Å². The van der Waals surface area contributed by atoms with E-state index in [1.165, 1.54) is 0 Å². The van der Waals surface area contributed by atoms with E-state index in [9.17, 15) is 15.0 Å². The SMILES string of the molecule is CCCCC[C@H](O)C=C[C@H]1CC[C@@H](O)[C@@H]1CC=CCCCC(=O)O. The van der Waals surface area contributed by atoms with Crippen LogP contribution in [0.3, 0.4) is 0 Å². The molecule has 0 radical (unpaired) electrons. The number of hydrogen-bond donors (Lipinski definition) is 3. The van der Waals surface area contributed by atoms with Crippen molar-refractivity contribution >= 4 is 5.97 Å². The number of carbonyl (C=O) groups is 1. The largest absolute Gasteiger partial charge is 0.481 e. The van der Waals surface area contributed by atoms with Crippen LogP contribution < -0.4 is 0 Å². The highest BCUT2D eigenvalue weighted by atomic mass is 16.4. The standard InChI is InChI=1S/C20H34O4/c1-2-3-6-9-17(21)14-12-16-13-15-19(22)18(16)10-7-4-5-8-11-20(23)24/h4,7,12,14,16-19,21-22H,2-3,5-6,8-11,13,15H2,1H3,(H,23,24)/t16-,17-,18+,19+/m0/s1. The van der Waals surface area contributed by atoms with Crippen molar-refractivity contribution in [3.05, 3.63) is 24.3 Å². The van der Waals surface area contributed by atoms with Gasteiger partial charge in [-0.1, -0.05) is 50.5 Å². The van der Waals surface area contributed by atoms with Crippen molar-refractivity contribution < 1.29 is 20.1 Å². The van der Waals surface area contributed by atoms with Crippen molar-refractivity contribution in [1.82, 2.24) is 0 Å². The maximum atomic E-state index is 10.5. The molecule has 0 bridgehead atoms. The van der Waals surface area contributed by atoms with Crippen molar-refractivity contribution in [2.24, 2.45) is 11.8 Å². The summed E-state index contributed by atoms with van der Waals surface area (Å²) < 4.78 is 0. The Balaban J connectivity index is 2.35. The van der Waals surface area contributed by atoms with Gasteiger partial charge >= 0.3 is 5.97 Å². The third-order valence-electron chi connectivity index (χ3n) is 4.86. The molecule has 0 aromatic carbocycles. The van der Waals surface area contributed by atoms with E-state index in [1.807, 2.05) is 12.2 Å². The van der Waals surface area contributed by atoms with E-state index in [4.69, 9.17) is 5.11 Å². The normalized spacial score (nSPS) is 25.7. The third kappa shape index (κ3) is 8.65. The monoisotopic (exact) mass is 338 g/mol. The quantitative estimate of drug-likeness (QED) is 0.370. The molecular formula is C20H34O4. The molecule has 1 rings (SSSR count). The molecule has 0 aliphatic heterocycles. The van der Waals surface area contributed by atoms with Crippen LogP contribution in [0.5, 0.6) is 0 Å². The minimum Gasteiger partial charge on any atom is -0.481 e. The van der Waals surface area contributed by atoms with Crippen LogP contribution in [0.2, 0.25) is 0 Å². The summed E-state index contributed by atoms with van der Waals surface area (Å²) in [7, 11) is 0. The average Bonchev–Trinajstić information content (AvgIpc) is 2.89. The van der Waals surface area contributed by atoms with Crippen molar-refractivity contribution in [2.75, 3.05) is 0 Å². The molecule has 0 spiro atoms. The third-order valence-corrected chi connectivity index (χ3v) is 4.86.